The van der Waals surface area contributed by atoms with Gasteiger partial charge in [-0.05, 0) is 40.2 Å². The van der Waals surface area contributed by atoms with E-state index in [2.05, 4.69) is 42.8 Å². The predicted octanol–water partition coefficient (Wildman–Crippen LogP) is 3.24. The zero-order valence-electron chi connectivity index (χ0n) is 11.3. The molecule has 4 nitrogen and oxygen atoms in total. The second-order valence-electron chi connectivity index (χ2n) is 4.62. The van der Waals surface area contributed by atoms with Gasteiger partial charge < -0.3 is 14.5 Å². The molecular weight excluding hydrogens is 338 g/mol. The van der Waals surface area contributed by atoms with Crippen LogP contribution in [0.3, 0.4) is 0 Å². The van der Waals surface area contributed by atoms with Gasteiger partial charge in [0.2, 0.25) is 0 Å². The van der Waals surface area contributed by atoms with Crippen molar-refractivity contribution < 1.29 is 4.74 Å². The summed E-state index contributed by atoms with van der Waals surface area (Å²) in [6.45, 7) is 4.05. The molecule has 6 heteroatoms. The van der Waals surface area contributed by atoms with Gasteiger partial charge in [0.15, 0.2) is 5.13 Å². The molecule has 0 amide bonds. The van der Waals surface area contributed by atoms with Crippen molar-refractivity contribution in [2.45, 2.75) is 0 Å². The third kappa shape index (κ3) is 2.91. The number of piperazine rings is 1. The molecule has 0 aliphatic carbocycles. The maximum atomic E-state index is 5.20. The smallest absolute Gasteiger partial charge is 0.186 e. The highest BCUT2D eigenvalue weighted by atomic mass is 79.9. The molecule has 3 rings (SSSR count). The molecule has 2 aromatic rings. The van der Waals surface area contributed by atoms with Crippen LogP contribution in [-0.2, 0) is 0 Å². The van der Waals surface area contributed by atoms with E-state index >= 15 is 0 Å². The molecular formula is C14H16BrN3OS. The normalized spacial score (nSPS) is 15.5. The minimum Gasteiger partial charge on any atom is -0.497 e. The third-order valence-electron chi connectivity index (χ3n) is 3.45. The van der Waals surface area contributed by atoms with E-state index in [1.165, 1.54) is 5.69 Å². The van der Waals surface area contributed by atoms with Crippen LogP contribution < -0.4 is 14.5 Å². The maximum Gasteiger partial charge on any atom is 0.186 e. The van der Waals surface area contributed by atoms with E-state index in [1.807, 2.05) is 17.5 Å². The summed E-state index contributed by atoms with van der Waals surface area (Å²) < 4.78 is 6.12. The van der Waals surface area contributed by atoms with Gasteiger partial charge in [0.1, 0.15) is 10.4 Å². The van der Waals surface area contributed by atoms with Crippen molar-refractivity contribution in [1.29, 1.82) is 0 Å². The Morgan fingerprint density at radius 2 is 1.75 bits per heavy atom. The molecule has 0 bridgehead atoms. The number of ether oxygens (including phenoxy) is 1. The van der Waals surface area contributed by atoms with Gasteiger partial charge in [-0.2, -0.15) is 0 Å². The largest absolute Gasteiger partial charge is 0.497 e. The molecule has 1 aliphatic heterocycles. The van der Waals surface area contributed by atoms with Crippen LogP contribution in [0.4, 0.5) is 10.8 Å². The number of rotatable bonds is 3. The van der Waals surface area contributed by atoms with Crippen LogP contribution >= 0.6 is 27.3 Å². The molecule has 1 fully saturated rings. The summed E-state index contributed by atoms with van der Waals surface area (Å²) in [5, 5.41) is 3.14. The van der Waals surface area contributed by atoms with Crippen molar-refractivity contribution in [3.8, 4) is 5.75 Å². The van der Waals surface area contributed by atoms with Crippen LogP contribution in [0.1, 0.15) is 0 Å². The van der Waals surface area contributed by atoms with E-state index in [9.17, 15) is 0 Å². The molecule has 0 saturated carbocycles. The average Bonchev–Trinajstić information content (AvgIpc) is 2.94. The molecule has 0 unspecified atom stereocenters. The molecule has 0 atom stereocenters. The molecule has 2 heterocycles. The zero-order chi connectivity index (χ0) is 13.9. The Morgan fingerprint density at radius 1 is 1.10 bits per heavy atom. The first-order valence-corrected chi connectivity index (χ1v) is 8.18. The quantitative estimate of drug-likeness (QED) is 0.846. The second-order valence-corrected chi connectivity index (χ2v) is 6.27. The van der Waals surface area contributed by atoms with E-state index in [0.29, 0.717) is 0 Å². The lowest BCUT2D eigenvalue weighted by molar-refractivity contribution is 0.415. The molecule has 1 saturated heterocycles. The van der Waals surface area contributed by atoms with Gasteiger partial charge in [-0.15, -0.1) is 11.3 Å². The van der Waals surface area contributed by atoms with Crippen LogP contribution in [0, 0.1) is 0 Å². The van der Waals surface area contributed by atoms with Crippen LogP contribution in [0.15, 0.2) is 34.2 Å². The van der Waals surface area contributed by atoms with E-state index in [4.69, 9.17) is 4.74 Å². The number of thiazole rings is 1. The zero-order valence-corrected chi connectivity index (χ0v) is 13.7. The first-order valence-electron chi connectivity index (χ1n) is 6.51. The molecule has 0 spiro atoms. The Bertz CT molecular complexity index is 564. The third-order valence-corrected chi connectivity index (χ3v) is 5.06. The lowest BCUT2D eigenvalue weighted by Crippen LogP contribution is -2.46. The SMILES string of the molecule is COc1ccc(N2CCN(c3nc(Br)cs3)CC2)cc1. The summed E-state index contributed by atoms with van der Waals surface area (Å²) >= 11 is 5.10. The monoisotopic (exact) mass is 353 g/mol. The number of nitrogens with zero attached hydrogens (tertiary/aromatic N) is 3. The molecule has 1 aromatic carbocycles. The number of halogens is 1. The summed E-state index contributed by atoms with van der Waals surface area (Å²) in [6, 6.07) is 8.27. The highest BCUT2D eigenvalue weighted by Crippen LogP contribution is 2.26. The molecule has 106 valence electrons. The number of benzene rings is 1. The average molecular weight is 354 g/mol. The molecule has 1 aliphatic rings. The van der Waals surface area contributed by atoms with E-state index in [1.54, 1.807) is 18.4 Å². The van der Waals surface area contributed by atoms with Crippen LogP contribution in [0.25, 0.3) is 0 Å². The Kier molecular flexibility index (Phi) is 4.12. The predicted molar refractivity (Wildman–Crippen MR) is 87.2 cm³/mol. The van der Waals surface area contributed by atoms with Gasteiger partial charge >= 0.3 is 0 Å². The fourth-order valence-electron chi connectivity index (χ4n) is 2.34. The van der Waals surface area contributed by atoms with Gasteiger partial charge in [-0.1, -0.05) is 0 Å². The van der Waals surface area contributed by atoms with Crippen molar-refractivity contribution >= 4 is 38.1 Å². The Balaban J connectivity index is 1.63. The number of anilines is 2. The van der Waals surface area contributed by atoms with Gasteiger partial charge in [0, 0.05) is 37.2 Å². The fourth-order valence-corrected chi connectivity index (χ4v) is 3.64. The minimum absolute atomic E-state index is 0.903. The van der Waals surface area contributed by atoms with Gasteiger partial charge in [0.25, 0.3) is 0 Å². The number of hydrogen-bond donors (Lipinski definition) is 0. The summed E-state index contributed by atoms with van der Waals surface area (Å²) in [4.78, 5) is 9.22. The highest BCUT2D eigenvalue weighted by molar-refractivity contribution is 9.10. The Hall–Kier alpha value is -1.27. The van der Waals surface area contributed by atoms with Crippen LogP contribution in [-0.4, -0.2) is 38.3 Å². The first kappa shape index (κ1) is 13.7. The van der Waals surface area contributed by atoms with Crippen LogP contribution in [0.2, 0.25) is 0 Å². The van der Waals surface area contributed by atoms with Crippen molar-refractivity contribution in [3.63, 3.8) is 0 Å². The summed E-state index contributed by atoms with van der Waals surface area (Å²) in [5.74, 6) is 0.903. The molecule has 0 radical (unpaired) electrons. The first-order chi connectivity index (χ1) is 9.76. The lowest BCUT2D eigenvalue weighted by Gasteiger charge is -2.36. The number of aromatic nitrogens is 1. The second kappa shape index (κ2) is 6.01. The van der Waals surface area contributed by atoms with Crippen molar-refractivity contribution in [2.24, 2.45) is 0 Å². The summed E-state index contributed by atoms with van der Waals surface area (Å²) in [7, 11) is 1.69. The van der Waals surface area contributed by atoms with E-state index in [-0.39, 0.29) is 0 Å². The number of hydrogen-bond acceptors (Lipinski definition) is 5. The van der Waals surface area contributed by atoms with Gasteiger partial charge in [-0.25, -0.2) is 4.98 Å². The van der Waals surface area contributed by atoms with Crippen molar-refractivity contribution in [1.82, 2.24) is 4.98 Å². The summed E-state index contributed by atoms with van der Waals surface area (Å²) in [5.41, 5.74) is 1.26. The van der Waals surface area contributed by atoms with Crippen molar-refractivity contribution in [3.05, 3.63) is 34.2 Å². The standard InChI is InChI=1S/C14H16BrN3OS/c1-19-12-4-2-11(3-5-12)17-6-8-18(9-7-17)14-16-13(15)10-20-14/h2-5,10H,6-9H2,1H3. The Labute approximate surface area is 131 Å². The van der Waals surface area contributed by atoms with Gasteiger partial charge in [0.05, 0.1) is 7.11 Å². The minimum atomic E-state index is 0.903. The fraction of sp³-hybridized carbons (Fsp3) is 0.357. The topological polar surface area (TPSA) is 28.6 Å². The molecule has 20 heavy (non-hydrogen) atoms. The van der Waals surface area contributed by atoms with E-state index in [0.717, 1.165) is 41.7 Å². The van der Waals surface area contributed by atoms with E-state index < -0.39 is 0 Å². The van der Waals surface area contributed by atoms with Crippen molar-refractivity contribution in [2.75, 3.05) is 43.1 Å². The van der Waals surface area contributed by atoms with Crippen LogP contribution in [0.5, 0.6) is 5.75 Å². The molecule has 0 N–H and O–H groups in total. The number of methoxy groups -OCH3 is 1. The highest BCUT2D eigenvalue weighted by Gasteiger charge is 2.19. The Morgan fingerprint density at radius 3 is 2.30 bits per heavy atom. The maximum absolute atomic E-state index is 5.20. The molecule has 1 aromatic heterocycles. The lowest BCUT2D eigenvalue weighted by atomic mass is 10.2. The summed E-state index contributed by atoms with van der Waals surface area (Å²) in [6.07, 6.45) is 0. The van der Waals surface area contributed by atoms with Gasteiger partial charge in [-0.3, -0.25) is 0 Å².